The van der Waals surface area contributed by atoms with Crippen LogP contribution in [-0.2, 0) is 19.2 Å². The number of hydrogen-bond donors (Lipinski definition) is 5. The Morgan fingerprint density at radius 1 is 0.848 bits per heavy atom. The van der Waals surface area contributed by atoms with E-state index < -0.39 is 36.0 Å². The third-order valence-corrected chi connectivity index (χ3v) is 6.51. The lowest BCUT2D eigenvalue weighted by Crippen LogP contribution is -2.56. The Morgan fingerprint density at radius 2 is 1.39 bits per heavy atom. The first kappa shape index (κ1) is 27.0. The summed E-state index contributed by atoms with van der Waals surface area (Å²) in [5.41, 5.74) is 17.1. The summed E-state index contributed by atoms with van der Waals surface area (Å²) < 4.78 is 0. The van der Waals surface area contributed by atoms with E-state index in [4.69, 9.17) is 17.2 Å². The molecule has 0 aromatic carbocycles. The standard InChI is InChI=1S/C22H40N6O5/c23-11-3-1-7-15(25)20(30)27-13-5-9-17(27)19(29)26-16(8-2-4-12-24)21(31)28-14-6-10-18(28)22(32)33/h15-18H,1-14,23-25H2,(H,26,29)(H,32,33). The van der Waals surface area contributed by atoms with Crippen molar-refractivity contribution in [1.82, 2.24) is 15.1 Å². The number of carbonyl (C=O) groups is 4. The van der Waals surface area contributed by atoms with Gasteiger partial charge in [-0.1, -0.05) is 6.42 Å². The molecule has 11 nitrogen and oxygen atoms in total. The van der Waals surface area contributed by atoms with E-state index in [9.17, 15) is 24.3 Å². The highest BCUT2D eigenvalue weighted by Gasteiger charge is 2.40. The van der Waals surface area contributed by atoms with Crippen LogP contribution in [0, 0.1) is 0 Å². The number of aliphatic carboxylic acids is 1. The van der Waals surface area contributed by atoms with Crippen molar-refractivity contribution in [2.45, 2.75) is 88.4 Å². The molecule has 33 heavy (non-hydrogen) atoms. The Morgan fingerprint density at radius 3 is 1.97 bits per heavy atom. The van der Waals surface area contributed by atoms with Crippen molar-refractivity contribution in [3.63, 3.8) is 0 Å². The molecule has 2 rings (SSSR count). The number of carboxylic acids is 1. The van der Waals surface area contributed by atoms with Crippen LogP contribution in [0.1, 0.15) is 64.2 Å². The van der Waals surface area contributed by atoms with Gasteiger partial charge in [-0.05, 0) is 70.9 Å². The number of nitrogens with zero attached hydrogens (tertiary/aromatic N) is 2. The maximum atomic E-state index is 13.2. The van der Waals surface area contributed by atoms with Gasteiger partial charge in [0, 0.05) is 13.1 Å². The van der Waals surface area contributed by atoms with Crippen LogP contribution in [0.2, 0.25) is 0 Å². The smallest absolute Gasteiger partial charge is 0.326 e. The number of hydrogen-bond acceptors (Lipinski definition) is 7. The van der Waals surface area contributed by atoms with Gasteiger partial charge in [-0.2, -0.15) is 0 Å². The number of likely N-dealkylation sites (tertiary alicyclic amines) is 2. The van der Waals surface area contributed by atoms with Gasteiger partial charge in [0.15, 0.2) is 0 Å². The first-order valence-corrected chi connectivity index (χ1v) is 12.1. The number of carboxylic acid groups (broad SMARTS) is 1. The van der Waals surface area contributed by atoms with Gasteiger partial charge in [0.05, 0.1) is 6.04 Å². The van der Waals surface area contributed by atoms with E-state index in [-0.39, 0.29) is 11.8 Å². The molecule has 0 aromatic heterocycles. The van der Waals surface area contributed by atoms with Crippen LogP contribution in [0.15, 0.2) is 0 Å². The Bertz CT molecular complexity index is 690. The highest BCUT2D eigenvalue weighted by atomic mass is 16.4. The molecule has 0 aliphatic carbocycles. The van der Waals surface area contributed by atoms with Gasteiger partial charge >= 0.3 is 5.97 Å². The maximum Gasteiger partial charge on any atom is 0.326 e. The Hall–Kier alpha value is -2.24. The zero-order valence-electron chi connectivity index (χ0n) is 19.4. The summed E-state index contributed by atoms with van der Waals surface area (Å²) in [4.78, 5) is 53.6. The molecule has 0 radical (unpaired) electrons. The number of unbranched alkanes of at least 4 members (excludes halogenated alkanes) is 2. The minimum atomic E-state index is -1.04. The average molecular weight is 469 g/mol. The van der Waals surface area contributed by atoms with Crippen LogP contribution in [0.25, 0.3) is 0 Å². The van der Waals surface area contributed by atoms with E-state index >= 15 is 0 Å². The molecule has 2 saturated heterocycles. The number of amides is 3. The summed E-state index contributed by atoms with van der Waals surface area (Å²) >= 11 is 0. The quantitative estimate of drug-likeness (QED) is 0.216. The van der Waals surface area contributed by atoms with E-state index in [1.165, 1.54) is 9.80 Å². The minimum Gasteiger partial charge on any atom is -0.480 e. The van der Waals surface area contributed by atoms with Crippen LogP contribution in [0.5, 0.6) is 0 Å². The van der Waals surface area contributed by atoms with Crippen molar-refractivity contribution < 1.29 is 24.3 Å². The monoisotopic (exact) mass is 468 g/mol. The zero-order valence-corrected chi connectivity index (χ0v) is 19.4. The molecule has 0 aromatic rings. The Balaban J connectivity index is 2.06. The number of nitrogens with one attached hydrogen (secondary N) is 1. The molecule has 188 valence electrons. The average Bonchev–Trinajstić information content (AvgIpc) is 3.47. The number of rotatable bonds is 13. The van der Waals surface area contributed by atoms with Gasteiger partial charge < -0.3 is 37.4 Å². The second-order valence-electron chi connectivity index (χ2n) is 8.95. The van der Waals surface area contributed by atoms with Crippen LogP contribution in [0.3, 0.4) is 0 Å². The van der Waals surface area contributed by atoms with Gasteiger partial charge in [-0.25, -0.2) is 4.79 Å². The molecule has 0 spiro atoms. The van der Waals surface area contributed by atoms with Crippen molar-refractivity contribution in [2.75, 3.05) is 26.2 Å². The van der Waals surface area contributed by atoms with Crippen molar-refractivity contribution in [3.8, 4) is 0 Å². The Labute approximate surface area is 195 Å². The summed E-state index contributed by atoms with van der Waals surface area (Å²) in [5, 5.41) is 12.3. The summed E-state index contributed by atoms with van der Waals surface area (Å²) in [6, 6.07) is -3.09. The lowest BCUT2D eigenvalue weighted by atomic mass is 10.1. The fraction of sp³-hybridized carbons (Fsp3) is 0.818. The molecular weight excluding hydrogens is 428 g/mol. The number of carbonyl (C=O) groups excluding carboxylic acids is 3. The van der Waals surface area contributed by atoms with E-state index in [0.29, 0.717) is 77.5 Å². The lowest BCUT2D eigenvalue weighted by molar-refractivity contribution is -0.150. The van der Waals surface area contributed by atoms with Gasteiger partial charge in [0.1, 0.15) is 18.1 Å². The van der Waals surface area contributed by atoms with Crippen molar-refractivity contribution in [1.29, 1.82) is 0 Å². The molecule has 11 heteroatoms. The predicted octanol–water partition coefficient (Wildman–Crippen LogP) is -0.877. The molecule has 2 heterocycles. The molecule has 2 aliphatic rings. The normalized spacial score (nSPS) is 22.3. The summed E-state index contributed by atoms with van der Waals surface area (Å²) in [6.07, 6.45) is 5.90. The minimum absolute atomic E-state index is 0.263. The summed E-state index contributed by atoms with van der Waals surface area (Å²) in [6.45, 7) is 1.80. The van der Waals surface area contributed by atoms with Crippen molar-refractivity contribution in [3.05, 3.63) is 0 Å². The highest BCUT2D eigenvalue weighted by Crippen LogP contribution is 2.22. The third kappa shape index (κ3) is 7.38. The third-order valence-electron chi connectivity index (χ3n) is 6.51. The summed E-state index contributed by atoms with van der Waals surface area (Å²) in [5.74, 6) is -2.09. The van der Waals surface area contributed by atoms with E-state index in [2.05, 4.69) is 5.32 Å². The van der Waals surface area contributed by atoms with Gasteiger partial charge in [-0.15, -0.1) is 0 Å². The summed E-state index contributed by atoms with van der Waals surface area (Å²) in [7, 11) is 0. The molecule has 2 fully saturated rings. The Kier molecular flexibility index (Phi) is 11.0. The van der Waals surface area contributed by atoms with Crippen LogP contribution in [-0.4, -0.2) is 88.9 Å². The molecule has 3 amide bonds. The molecule has 4 unspecified atom stereocenters. The fourth-order valence-corrected chi connectivity index (χ4v) is 4.65. The zero-order chi connectivity index (χ0) is 24.4. The lowest BCUT2D eigenvalue weighted by Gasteiger charge is -2.30. The van der Waals surface area contributed by atoms with Crippen molar-refractivity contribution >= 4 is 23.7 Å². The van der Waals surface area contributed by atoms with E-state index in [0.717, 1.165) is 12.8 Å². The van der Waals surface area contributed by atoms with Gasteiger partial charge in [-0.3, -0.25) is 14.4 Å². The largest absolute Gasteiger partial charge is 0.480 e. The second kappa shape index (κ2) is 13.5. The number of nitrogens with two attached hydrogens (primary N) is 3. The van der Waals surface area contributed by atoms with Crippen LogP contribution in [0.4, 0.5) is 0 Å². The van der Waals surface area contributed by atoms with E-state index in [1.54, 1.807) is 0 Å². The highest BCUT2D eigenvalue weighted by molar-refractivity contribution is 5.94. The fourth-order valence-electron chi connectivity index (χ4n) is 4.65. The molecule has 0 bridgehead atoms. The van der Waals surface area contributed by atoms with Gasteiger partial charge in [0.2, 0.25) is 17.7 Å². The first-order chi connectivity index (χ1) is 15.8. The molecule has 2 aliphatic heterocycles. The molecule has 0 saturated carbocycles. The second-order valence-corrected chi connectivity index (χ2v) is 8.95. The first-order valence-electron chi connectivity index (χ1n) is 12.1. The topological polar surface area (TPSA) is 185 Å². The SMILES string of the molecule is NCCCCC(N)C(=O)N1CCCC1C(=O)NC(CCCCN)C(=O)N1CCCC1C(=O)O. The van der Waals surface area contributed by atoms with Crippen LogP contribution < -0.4 is 22.5 Å². The maximum absolute atomic E-state index is 13.2. The van der Waals surface area contributed by atoms with E-state index in [1.807, 2.05) is 0 Å². The molecule has 8 N–H and O–H groups in total. The van der Waals surface area contributed by atoms with Crippen LogP contribution >= 0.6 is 0 Å². The molecule has 4 atom stereocenters. The van der Waals surface area contributed by atoms with Gasteiger partial charge in [0.25, 0.3) is 0 Å². The molecular formula is C22H40N6O5. The van der Waals surface area contributed by atoms with Crippen molar-refractivity contribution in [2.24, 2.45) is 17.2 Å². The predicted molar refractivity (Wildman–Crippen MR) is 123 cm³/mol.